The van der Waals surface area contributed by atoms with E-state index in [1.807, 2.05) is 71.6 Å². The third kappa shape index (κ3) is 7.00. The number of nitrogens with zero attached hydrogens (tertiary/aromatic N) is 2. The number of esters is 1. The Morgan fingerprint density at radius 3 is 2.08 bits per heavy atom. The lowest BCUT2D eigenvalue weighted by molar-refractivity contribution is -0.137. The standard InChI is InChI=1S/C41H39F3N2O3/c1-5-45(24-23-27(2)3)31-19-21-35-38(26-31)49-37-22-20-32(25-36(37)39(35)33-13-9-10-14-34(33)40(47)48-4)46(29-11-7-6-8-12-29)30-17-15-28(16-18-30)41(42,43)44/h6-22,25-27,39H,5,23-24H2,1-4H3. The number of hydrogen-bond acceptors (Lipinski definition) is 5. The first-order chi connectivity index (χ1) is 23.6. The van der Waals surface area contributed by atoms with E-state index in [2.05, 4.69) is 43.9 Å². The van der Waals surface area contributed by atoms with Crippen molar-refractivity contribution in [1.82, 2.24) is 0 Å². The van der Waals surface area contributed by atoms with Crippen molar-refractivity contribution in [2.75, 3.05) is 30.0 Å². The molecule has 0 radical (unpaired) electrons. The number of para-hydroxylation sites is 1. The molecule has 1 heterocycles. The van der Waals surface area contributed by atoms with Crippen LogP contribution in [0.5, 0.6) is 11.5 Å². The van der Waals surface area contributed by atoms with Crippen LogP contribution in [0.3, 0.4) is 0 Å². The Kier molecular flexibility index (Phi) is 9.67. The summed E-state index contributed by atoms with van der Waals surface area (Å²) in [5.41, 5.74) is 5.31. The van der Waals surface area contributed by atoms with E-state index in [-0.39, 0.29) is 0 Å². The molecule has 1 aliphatic rings. The highest BCUT2D eigenvalue weighted by molar-refractivity contribution is 5.92. The summed E-state index contributed by atoms with van der Waals surface area (Å²) in [6.07, 6.45) is -3.39. The molecule has 1 aliphatic heterocycles. The molecule has 5 aromatic carbocycles. The highest BCUT2D eigenvalue weighted by Gasteiger charge is 2.34. The highest BCUT2D eigenvalue weighted by Crippen LogP contribution is 2.51. The Labute approximate surface area is 285 Å². The number of anilines is 4. The summed E-state index contributed by atoms with van der Waals surface area (Å²) in [7, 11) is 1.37. The van der Waals surface area contributed by atoms with Gasteiger partial charge >= 0.3 is 12.1 Å². The van der Waals surface area contributed by atoms with Gasteiger partial charge in [-0.05, 0) is 91.6 Å². The average molecular weight is 665 g/mol. The van der Waals surface area contributed by atoms with Crippen molar-refractivity contribution in [3.8, 4) is 11.5 Å². The minimum absolute atomic E-state index is 0.404. The number of hydrogen-bond donors (Lipinski definition) is 0. The highest BCUT2D eigenvalue weighted by atomic mass is 19.4. The lowest BCUT2D eigenvalue weighted by Gasteiger charge is -2.33. The van der Waals surface area contributed by atoms with Gasteiger partial charge in [-0.15, -0.1) is 0 Å². The van der Waals surface area contributed by atoms with Crippen molar-refractivity contribution in [2.45, 2.75) is 39.3 Å². The van der Waals surface area contributed by atoms with E-state index in [9.17, 15) is 18.0 Å². The second kappa shape index (κ2) is 14.1. The summed E-state index contributed by atoms with van der Waals surface area (Å²) < 4.78 is 52.3. The monoisotopic (exact) mass is 664 g/mol. The fraction of sp³-hybridized carbons (Fsp3) is 0.244. The van der Waals surface area contributed by atoms with Crippen molar-refractivity contribution in [2.24, 2.45) is 5.92 Å². The smallest absolute Gasteiger partial charge is 0.416 e. The number of alkyl halides is 3. The zero-order chi connectivity index (χ0) is 34.7. The number of rotatable bonds is 10. The number of halogens is 3. The van der Waals surface area contributed by atoms with E-state index in [1.54, 1.807) is 6.07 Å². The summed E-state index contributed by atoms with van der Waals surface area (Å²) in [4.78, 5) is 17.4. The van der Waals surface area contributed by atoms with Crippen LogP contribution in [-0.2, 0) is 10.9 Å². The topological polar surface area (TPSA) is 42.0 Å². The SMILES string of the molecule is CCN(CCC(C)C)c1ccc2c(c1)Oc1ccc(N(c3ccccc3)c3ccc(C(F)(F)F)cc3)cc1C2c1ccccc1C(=O)OC. The van der Waals surface area contributed by atoms with Crippen LogP contribution < -0.4 is 14.5 Å². The molecular formula is C41H39F3N2O3. The Balaban J connectivity index is 1.51. The van der Waals surface area contributed by atoms with Crippen LogP contribution in [0.1, 0.15) is 65.7 Å². The molecule has 0 bridgehead atoms. The second-order valence-electron chi connectivity index (χ2n) is 12.5. The van der Waals surface area contributed by atoms with Crippen LogP contribution in [0.2, 0.25) is 0 Å². The van der Waals surface area contributed by atoms with Gasteiger partial charge in [0.25, 0.3) is 0 Å². The minimum atomic E-state index is -4.45. The molecule has 8 heteroatoms. The van der Waals surface area contributed by atoms with E-state index in [4.69, 9.17) is 9.47 Å². The van der Waals surface area contributed by atoms with Gasteiger partial charge in [-0.25, -0.2) is 4.79 Å². The molecule has 5 nitrogen and oxygen atoms in total. The number of methoxy groups -OCH3 is 1. The maximum absolute atomic E-state index is 13.5. The molecule has 0 saturated heterocycles. The fourth-order valence-corrected chi connectivity index (χ4v) is 6.41. The summed E-state index contributed by atoms with van der Waals surface area (Å²) in [5.74, 6) is 1.05. The van der Waals surface area contributed by atoms with Gasteiger partial charge in [0.05, 0.1) is 18.2 Å². The molecule has 0 saturated carbocycles. The molecule has 0 amide bonds. The van der Waals surface area contributed by atoms with Gasteiger partial charge in [-0.2, -0.15) is 13.2 Å². The number of carbonyl (C=O) groups excluding carboxylic acids is 1. The molecular weight excluding hydrogens is 625 g/mol. The molecule has 1 atom stereocenters. The predicted octanol–water partition coefficient (Wildman–Crippen LogP) is 11.1. The lowest BCUT2D eigenvalue weighted by Crippen LogP contribution is -2.25. The molecule has 49 heavy (non-hydrogen) atoms. The zero-order valence-corrected chi connectivity index (χ0v) is 28.0. The summed E-state index contributed by atoms with van der Waals surface area (Å²) >= 11 is 0. The van der Waals surface area contributed by atoms with Gasteiger partial charge in [0.15, 0.2) is 0 Å². The summed E-state index contributed by atoms with van der Waals surface area (Å²) in [6, 6.07) is 34.1. The van der Waals surface area contributed by atoms with Crippen molar-refractivity contribution < 1.29 is 27.4 Å². The molecule has 5 aromatic rings. The maximum atomic E-state index is 13.5. The van der Waals surface area contributed by atoms with Gasteiger partial charge in [0.1, 0.15) is 11.5 Å². The van der Waals surface area contributed by atoms with Crippen LogP contribution in [0, 0.1) is 5.92 Å². The molecule has 0 N–H and O–H groups in total. The van der Waals surface area contributed by atoms with Crippen molar-refractivity contribution in [3.63, 3.8) is 0 Å². The largest absolute Gasteiger partial charge is 0.465 e. The molecule has 252 valence electrons. The normalized spacial score (nSPS) is 13.7. The second-order valence-corrected chi connectivity index (χ2v) is 12.5. The first-order valence-electron chi connectivity index (χ1n) is 16.5. The first kappa shape index (κ1) is 33.7. The average Bonchev–Trinajstić information content (AvgIpc) is 3.11. The van der Waals surface area contributed by atoms with Crippen LogP contribution in [0.25, 0.3) is 0 Å². The molecule has 0 spiro atoms. The van der Waals surface area contributed by atoms with Gasteiger partial charge in [-0.1, -0.05) is 56.3 Å². The van der Waals surface area contributed by atoms with E-state index in [1.165, 1.54) is 19.2 Å². The van der Waals surface area contributed by atoms with Crippen LogP contribution >= 0.6 is 0 Å². The molecule has 0 aromatic heterocycles. The Hall–Kier alpha value is -5.24. The number of carbonyl (C=O) groups is 1. The molecule has 0 aliphatic carbocycles. The first-order valence-corrected chi connectivity index (χ1v) is 16.5. The van der Waals surface area contributed by atoms with Crippen molar-refractivity contribution in [1.29, 1.82) is 0 Å². The van der Waals surface area contributed by atoms with Crippen LogP contribution in [0.4, 0.5) is 35.9 Å². The molecule has 0 fully saturated rings. The number of ether oxygens (including phenoxy) is 2. The van der Waals surface area contributed by atoms with Gasteiger partial charge < -0.3 is 19.3 Å². The Bertz CT molecular complexity index is 1920. The van der Waals surface area contributed by atoms with Gasteiger partial charge in [0.2, 0.25) is 0 Å². The predicted molar refractivity (Wildman–Crippen MR) is 189 cm³/mol. The van der Waals surface area contributed by atoms with E-state index in [0.717, 1.165) is 65.4 Å². The van der Waals surface area contributed by atoms with Crippen molar-refractivity contribution >= 4 is 28.7 Å². The molecule has 1 unspecified atom stereocenters. The van der Waals surface area contributed by atoms with E-state index >= 15 is 0 Å². The summed E-state index contributed by atoms with van der Waals surface area (Å²) in [6.45, 7) is 8.34. The third-order valence-electron chi connectivity index (χ3n) is 8.96. The van der Waals surface area contributed by atoms with Crippen molar-refractivity contribution in [3.05, 3.63) is 143 Å². The quantitative estimate of drug-likeness (QED) is 0.136. The summed E-state index contributed by atoms with van der Waals surface area (Å²) in [5, 5.41) is 0. The third-order valence-corrected chi connectivity index (χ3v) is 8.96. The zero-order valence-electron chi connectivity index (χ0n) is 28.0. The molecule has 6 rings (SSSR count). The maximum Gasteiger partial charge on any atom is 0.416 e. The fourth-order valence-electron chi connectivity index (χ4n) is 6.41. The van der Waals surface area contributed by atoms with Crippen LogP contribution in [-0.4, -0.2) is 26.2 Å². The van der Waals surface area contributed by atoms with E-state index < -0.39 is 23.6 Å². The number of fused-ring (bicyclic) bond motifs is 2. The Morgan fingerprint density at radius 1 is 0.755 bits per heavy atom. The Morgan fingerprint density at radius 2 is 1.41 bits per heavy atom. The minimum Gasteiger partial charge on any atom is -0.465 e. The van der Waals surface area contributed by atoms with Gasteiger partial charge in [0, 0.05) is 59.0 Å². The van der Waals surface area contributed by atoms with Gasteiger partial charge in [-0.3, -0.25) is 0 Å². The number of benzene rings is 5. The lowest BCUT2D eigenvalue weighted by atomic mass is 9.80. The van der Waals surface area contributed by atoms with E-state index in [0.29, 0.717) is 28.7 Å². The van der Waals surface area contributed by atoms with Crippen LogP contribution in [0.15, 0.2) is 115 Å².